The van der Waals surface area contributed by atoms with Crippen LogP contribution in [0, 0.1) is 5.82 Å². The van der Waals surface area contributed by atoms with E-state index in [4.69, 9.17) is 11.6 Å². The summed E-state index contributed by atoms with van der Waals surface area (Å²) in [6.07, 6.45) is 0. The van der Waals surface area contributed by atoms with Gasteiger partial charge < -0.3 is 0 Å². The van der Waals surface area contributed by atoms with Crippen LogP contribution in [0.1, 0.15) is 10.9 Å². The van der Waals surface area contributed by atoms with Crippen molar-refractivity contribution in [1.29, 1.82) is 0 Å². The fraction of sp³-hybridized carbons (Fsp3) is 0.200. The van der Waals surface area contributed by atoms with Gasteiger partial charge >= 0.3 is 0 Å². The zero-order valence-corrected chi connectivity index (χ0v) is 13.8. The normalized spacial score (nSPS) is 19.5. The molecule has 0 aromatic heterocycles. The van der Waals surface area contributed by atoms with Crippen molar-refractivity contribution in [2.75, 3.05) is 12.3 Å². The van der Waals surface area contributed by atoms with Crippen LogP contribution in [0.5, 0.6) is 0 Å². The smallest absolute Gasteiger partial charge is 0.207 e. The Hall–Kier alpha value is -1.08. The molecule has 0 amide bonds. The number of hydrogen-bond acceptors (Lipinski definition) is 3. The summed E-state index contributed by atoms with van der Waals surface area (Å²) >= 11 is 7.73. The summed E-state index contributed by atoms with van der Waals surface area (Å²) in [4.78, 5) is 0.0912. The van der Waals surface area contributed by atoms with E-state index < -0.39 is 15.8 Å². The maximum atomic E-state index is 13.0. The first-order chi connectivity index (χ1) is 10.5. The van der Waals surface area contributed by atoms with E-state index in [1.165, 1.54) is 28.2 Å². The summed E-state index contributed by atoms with van der Waals surface area (Å²) in [6, 6.07) is 12.1. The van der Waals surface area contributed by atoms with Crippen LogP contribution in [0.3, 0.4) is 0 Å². The summed E-state index contributed by atoms with van der Waals surface area (Å²) in [6.45, 7) is 0.403. The van der Waals surface area contributed by atoms with E-state index >= 15 is 0 Å². The van der Waals surface area contributed by atoms with Crippen molar-refractivity contribution in [2.24, 2.45) is 0 Å². The highest BCUT2D eigenvalue weighted by atomic mass is 35.5. The van der Waals surface area contributed by atoms with Gasteiger partial charge in [-0.3, -0.25) is 0 Å². The maximum absolute atomic E-state index is 13.0. The van der Waals surface area contributed by atoms with E-state index in [9.17, 15) is 12.8 Å². The Morgan fingerprint density at radius 3 is 2.50 bits per heavy atom. The van der Waals surface area contributed by atoms with E-state index in [-0.39, 0.29) is 10.3 Å². The van der Waals surface area contributed by atoms with E-state index in [1.54, 1.807) is 6.07 Å². The lowest BCUT2D eigenvalue weighted by atomic mass is 10.2. The van der Waals surface area contributed by atoms with Crippen LogP contribution in [0.2, 0.25) is 5.02 Å². The van der Waals surface area contributed by atoms with E-state index in [1.807, 2.05) is 18.2 Å². The molecule has 3 nitrogen and oxygen atoms in total. The molecule has 2 aromatic carbocycles. The van der Waals surface area contributed by atoms with E-state index in [0.29, 0.717) is 17.3 Å². The number of nitrogens with zero attached hydrogens (tertiary/aromatic N) is 1. The molecule has 0 spiro atoms. The monoisotopic (exact) mass is 357 g/mol. The molecule has 7 heteroatoms. The highest BCUT2D eigenvalue weighted by molar-refractivity contribution is 8.01. The van der Waals surface area contributed by atoms with Crippen molar-refractivity contribution in [3.63, 3.8) is 0 Å². The summed E-state index contributed by atoms with van der Waals surface area (Å²) in [5.41, 5.74) is 0.775. The molecule has 0 aliphatic carbocycles. The SMILES string of the molecule is O=S(=O)(c1ccc(F)cc1)N1CCS[C@@H]1c1ccccc1Cl. The quantitative estimate of drug-likeness (QED) is 0.835. The third kappa shape index (κ3) is 2.88. The van der Waals surface area contributed by atoms with Gasteiger partial charge in [-0.05, 0) is 35.9 Å². The lowest BCUT2D eigenvalue weighted by Gasteiger charge is -2.24. The van der Waals surface area contributed by atoms with Crippen LogP contribution < -0.4 is 0 Å². The lowest BCUT2D eigenvalue weighted by molar-refractivity contribution is 0.434. The number of hydrogen-bond donors (Lipinski definition) is 0. The van der Waals surface area contributed by atoms with Crippen LogP contribution in [-0.4, -0.2) is 25.0 Å². The minimum atomic E-state index is -3.68. The average molecular weight is 358 g/mol. The zero-order chi connectivity index (χ0) is 15.7. The number of sulfonamides is 1. The van der Waals surface area contributed by atoms with Crippen LogP contribution in [0.4, 0.5) is 4.39 Å². The van der Waals surface area contributed by atoms with Gasteiger partial charge in [0.2, 0.25) is 10.0 Å². The van der Waals surface area contributed by atoms with Crippen molar-refractivity contribution in [3.8, 4) is 0 Å². The third-order valence-corrected chi connectivity index (χ3v) is 7.04. The molecule has 1 aliphatic rings. The Balaban J connectivity index is 1.99. The molecule has 3 rings (SSSR count). The van der Waals surface area contributed by atoms with Crippen LogP contribution in [-0.2, 0) is 10.0 Å². The summed E-state index contributed by atoms with van der Waals surface area (Å²) in [5.74, 6) is 0.230. The molecule has 1 fully saturated rings. The Kier molecular flexibility index (Phi) is 4.45. The van der Waals surface area contributed by atoms with Gasteiger partial charge in [-0.15, -0.1) is 11.8 Å². The van der Waals surface area contributed by atoms with Crippen molar-refractivity contribution in [2.45, 2.75) is 10.3 Å². The Morgan fingerprint density at radius 1 is 1.14 bits per heavy atom. The second-order valence-electron chi connectivity index (χ2n) is 4.81. The number of thioether (sulfide) groups is 1. The molecule has 0 N–H and O–H groups in total. The molecule has 2 aromatic rings. The van der Waals surface area contributed by atoms with Gasteiger partial charge in [0.05, 0.1) is 10.3 Å². The molecule has 0 saturated carbocycles. The van der Waals surface area contributed by atoms with Crippen molar-refractivity contribution < 1.29 is 12.8 Å². The zero-order valence-electron chi connectivity index (χ0n) is 11.4. The Labute approximate surface area is 138 Å². The Morgan fingerprint density at radius 2 is 1.82 bits per heavy atom. The Bertz CT molecular complexity index is 780. The molecule has 1 saturated heterocycles. The summed E-state index contributed by atoms with van der Waals surface area (Å²) < 4.78 is 40.0. The lowest BCUT2D eigenvalue weighted by Crippen LogP contribution is -2.30. The molecular weight excluding hydrogens is 345 g/mol. The molecule has 0 bridgehead atoms. The van der Waals surface area contributed by atoms with Crippen molar-refractivity contribution in [3.05, 3.63) is 64.9 Å². The first kappa shape index (κ1) is 15.8. The molecule has 0 unspecified atom stereocenters. The second kappa shape index (κ2) is 6.20. The van der Waals surface area contributed by atoms with Crippen LogP contribution in [0.15, 0.2) is 53.4 Å². The molecule has 1 atom stereocenters. The molecule has 22 heavy (non-hydrogen) atoms. The van der Waals surface area contributed by atoms with Gasteiger partial charge in [0.25, 0.3) is 0 Å². The van der Waals surface area contributed by atoms with Crippen molar-refractivity contribution in [1.82, 2.24) is 4.31 Å². The van der Waals surface area contributed by atoms with Gasteiger partial charge in [-0.2, -0.15) is 4.31 Å². The predicted octanol–water partition coefficient (Wildman–Crippen LogP) is 3.92. The average Bonchev–Trinajstić information content (AvgIpc) is 2.98. The first-order valence-corrected chi connectivity index (χ1v) is 9.50. The highest BCUT2D eigenvalue weighted by Crippen LogP contribution is 2.43. The number of halogens is 2. The topological polar surface area (TPSA) is 37.4 Å². The van der Waals surface area contributed by atoms with Gasteiger partial charge in [0.1, 0.15) is 5.82 Å². The highest BCUT2D eigenvalue weighted by Gasteiger charge is 2.37. The predicted molar refractivity (Wildman–Crippen MR) is 86.9 cm³/mol. The van der Waals surface area contributed by atoms with Gasteiger partial charge in [-0.25, -0.2) is 12.8 Å². The molecule has 0 radical (unpaired) electrons. The first-order valence-electron chi connectivity index (χ1n) is 6.63. The minimum Gasteiger partial charge on any atom is -0.207 e. The van der Waals surface area contributed by atoms with Crippen molar-refractivity contribution >= 4 is 33.4 Å². The molecule has 116 valence electrons. The molecule has 1 aliphatic heterocycles. The van der Waals surface area contributed by atoms with Gasteiger partial charge in [0, 0.05) is 17.3 Å². The largest absolute Gasteiger partial charge is 0.244 e. The summed E-state index contributed by atoms with van der Waals surface area (Å²) in [5, 5.41) is 0.185. The van der Waals surface area contributed by atoms with Crippen LogP contribution >= 0.6 is 23.4 Å². The van der Waals surface area contributed by atoms with Gasteiger partial charge in [-0.1, -0.05) is 29.8 Å². The standard InChI is InChI=1S/C15H13ClFNO2S2/c16-14-4-2-1-3-13(14)15-18(9-10-21-15)22(19,20)12-7-5-11(17)6-8-12/h1-8,15H,9-10H2/t15-/m1/s1. The van der Waals surface area contributed by atoms with Crippen LogP contribution in [0.25, 0.3) is 0 Å². The summed E-state index contributed by atoms with van der Waals surface area (Å²) in [7, 11) is -3.68. The molecule has 1 heterocycles. The van der Waals surface area contributed by atoms with E-state index in [2.05, 4.69) is 0 Å². The molecular formula is C15H13ClFNO2S2. The second-order valence-corrected chi connectivity index (χ2v) is 8.30. The number of rotatable bonds is 3. The third-order valence-electron chi connectivity index (χ3n) is 3.44. The minimum absolute atomic E-state index is 0.0912. The van der Waals surface area contributed by atoms with E-state index in [0.717, 1.165) is 17.7 Å². The fourth-order valence-electron chi connectivity index (χ4n) is 2.36. The fourth-order valence-corrected chi connectivity index (χ4v) is 5.94. The van der Waals surface area contributed by atoms with Gasteiger partial charge in [0.15, 0.2) is 0 Å². The maximum Gasteiger partial charge on any atom is 0.244 e. The number of benzene rings is 2.